The molecule has 174 valence electrons. The lowest BCUT2D eigenvalue weighted by atomic mass is 9.76. The van der Waals surface area contributed by atoms with E-state index in [2.05, 4.69) is 53.5 Å². The monoisotopic (exact) mass is 473 g/mol. The molecule has 6 heteroatoms. The average molecular weight is 474 g/mol. The van der Waals surface area contributed by atoms with Gasteiger partial charge in [-0.15, -0.1) is 0 Å². The van der Waals surface area contributed by atoms with E-state index in [-0.39, 0.29) is 11.3 Å². The van der Waals surface area contributed by atoms with Crippen molar-refractivity contribution in [2.24, 2.45) is 5.10 Å². The summed E-state index contributed by atoms with van der Waals surface area (Å²) in [4.78, 5) is 14.6. The van der Waals surface area contributed by atoms with Gasteiger partial charge in [0.1, 0.15) is 5.75 Å². The Morgan fingerprint density at radius 1 is 1.12 bits per heavy atom. The Labute approximate surface area is 205 Å². The summed E-state index contributed by atoms with van der Waals surface area (Å²) in [6.07, 6.45) is 4.41. The number of hydrazone groups is 1. The second-order valence-corrected chi connectivity index (χ2v) is 8.84. The first-order chi connectivity index (χ1) is 16.5. The number of carbonyl (C=O) groups is 1. The summed E-state index contributed by atoms with van der Waals surface area (Å²) in [5.41, 5.74) is 7.47. The predicted molar refractivity (Wildman–Crippen MR) is 139 cm³/mol. The smallest absolute Gasteiger partial charge is 0.271 e. The molecule has 34 heavy (non-hydrogen) atoms. The lowest BCUT2D eigenvalue weighted by molar-refractivity contribution is 0.0955. The quantitative estimate of drug-likeness (QED) is 0.339. The second kappa shape index (κ2) is 10.1. The van der Waals surface area contributed by atoms with Crippen molar-refractivity contribution in [2.75, 3.05) is 18.6 Å². The standard InChI is InChI=1S/C28H28ClN3O2/c1-4-32-25-15-14-23(34-3)18-24(25)28(2,19-20-10-12-22(29)13-11-20)26(32)16-17-30-31-27(33)21-8-6-5-7-9-21/h5-18H,4,19H2,1-3H3,(H,31,33)/b26-16-,30-17+. The van der Waals surface area contributed by atoms with Gasteiger partial charge in [-0.1, -0.05) is 41.9 Å². The van der Waals surface area contributed by atoms with Crippen molar-refractivity contribution in [2.45, 2.75) is 25.7 Å². The third kappa shape index (κ3) is 4.70. The normalized spacial score (nSPS) is 18.4. The molecule has 1 unspecified atom stereocenters. The molecule has 0 bridgehead atoms. The van der Waals surface area contributed by atoms with Crippen molar-refractivity contribution in [1.82, 2.24) is 5.43 Å². The van der Waals surface area contributed by atoms with Crippen LogP contribution in [0.5, 0.6) is 5.75 Å². The first kappa shape index (κ1) is 23.6. The molecule has 0 saturated heterocycles. The highest BCUT2D eigenvalue weighted by molar-refractivity contribution is 6.30. The van der Waals surface area contributed by atoms with Crippen LogP contribution in [0.4, 0.5) is 5.69 Å². The van der Waals surface area contributed by atoms with Gasteiger partial charge in [-0.25, -0.2) is 5.43 Å². The van der Waals surface area contributed by atoms with Crippen molar-refractivity contribution in [1.29, 1.82) is 0 Å². The number of nitrogens with one attached hydrogen (secondary N) is 1. The average Bonchev–Trinajstić information content (AvgIpc) is 3.10. The van der Waals surface area contributed by atoms with Crippen LogP contribution in [-0.2, 0) is 11.8 Å². The Morgan fingerprint density at radius 3 is 2.53 bits per heavy atom. The molecule has 0 spiro atoms. The maximum Gasteiger partial charge on any atom is 0.271 e. The van der Waals surface area contributed by atoms with Crippen LogP contribution in [0.15, 0.2) is 89.7 Å². The molecule has 0 saturated carbocycles. The number of carbonyl (C=O) groups excluding carboxylic acids is 1. The molecule has 1 aliphatic heterocycles. The van der Waals surface area contributed by atoms with Gasteiger partial charge in [0.2, 0.25) is 0 Å². The molecule has 1 N–H and O–H groups in total. The van der Waals surface area contributed by atoms with Gasteiger partial charge in [0, 0.05) is 40.1 Å². The van der Waals surface area contributed by atoms with Crippen molar-refractivity contribution >= 4 is 29.4 Å². The van der Waals surface area contributed by atoms with Crippen LogP contribution in [-0.4, -0.2) is 25.8 Å². The highest BCUT2D eigenvalue weighted by Gasteiger charge is 2.43. The van der Waals surface area contributed by atoms with Crippen molar-refractivity contribution in [3.8, 4) is 5.75 Å². The van der Waals surface area contributed by atoms with Gasteiger partial charge in [-0.3, -0.25) is 4.79 Å². The number of hydrogen-bond acceptors (Lipinski definition) is 4. The summed E-state index contributed by atoms with van der Waals surface area (Å²) in [7, 11) is 1.68. The number of fused-ring (bicyclic) bond motifs is 1. The van der Waals surface area contributed by atoms with Crippen LogP contribution in [0.25, 0.3) is 0 Å². The lowest BCUT2D eigenvalue weighted by Gasteiger charge is -2.30. The number of likely N-dealkylation sites (N-methyl/N-ethyl adjacent to an activating group) is 1. The molecule has 3 aromatic carbocycles. The summed E-state index contributed by atoms with van der Waals surface area (Å²) < 4.78 is 5.54. The Hall–Kier alpha value is -3.57. The fraction of sp³-hybridized carbons (Fsp3) is 0.214. The SMILES string of the molecule is CCN1/C(=C\C=N\NC(=O)c2ccccc2)C(C)(Cc2ccc(Cl)cc2)c2cc(OC)ccc21. The van der Waals surface area contributed by atoms with Gasteiger partial charge >= 0.3 is 0 Å². The van der Waals surface area contributed by atoms with Gasteiger partial charge in [0.05, 0.1) is 7.11 Å². The number of rotatable bonds is 7. The molecule has 4 rings (SSSR count). The topological polar surface area (TPSA) is 53.9 Å². The maximum atomic E-state index is 12.3. The van der Waals surface area contributed by atoms with Gasteiger partial charge in [-0.2, -0.15) is 5.10 Å². The van der Waals surface area contributed by atoms with Crippen LogP contribution >= 0.6 is 11.6 Å². The van der Waals surface area contributed by atoms with Gasteiger partial charge < -0.3 is 9.64 Å². The van der Waals surface area contributed by atoms with Crippen molar-refractivity contribution < 1.29 is 9.53 Å². The molecular weight excluding hydrogens is 446 g/mol. The number of benzene rings is 3. The van der Waals surface area contributed by atoms with Crippen LogP contribution in [0.2, 0.25) is 5.02 Å². The molecule has 3 aromatic rings. The van der Waals surface area contributed by atoms with Gasteiger partial charge in [0.25, 0.3) is 5.91 Å². The minimum Gasteiger partial charge on any atom is -0.497 e. The third-order valence-corrected chi connectivity index (χ3v) is 6.49. The second-order valence-electron chi connectivity index (χ2n) is 8.40. The summed E-state index contributed by atoms with van der Waals surface area (Å²) in [6, 6.07) is 23.2. The Bertz CT molecular complexity index is 1220. The molecule has 1 atom stereocenters. The molecule has 0 aliphatic carbocycles. The van der Waals surface area contributed by atoms with Crippen LogP contribution in [0.3, 0.4) is 0 Å². The number of anilines is 1. The predicted octanol–water partition coefficient (Wildman–Crippen LogP) is 5.99. The number of ether oxygens (including phenoxy) is 1. The molecule has 1 amide bonds. The summed E-state index contributed by atoms with van der Waals surface area (Å²) >= 11 is 6.12. The van der Waals surface area contributed by atoms with E-state index in [1.807, 2.05) is 42.5 Å². The highest BCUT2D eigenvalue weighted by Crippen LogP contribution is 2.50. The lowest BCUT2D eigenvalue weighted by Crippen LogP contribution is -2.31. The number of halogens is 1. The van der Waals surface area contributed by atoms with E-state index in [1.54, 1.807) is 25.5 Å². The minimum atomic E-state index is -0.330. The number of hydrogen-bond donors (Lipinski definition) is 1. The maximum absolute atomic E-state index is 12.3. The molecule has 0 radical (unpaired) electrons. The van der Waals surface area contributed by atoms with Crippen LogP contribution in [0.1, 0.15) is 35.3 Å². The van der Waals surface area contributed by atoms with E-state index in [9.17, 15) is 4.79 Å². The fourth-order valence-corrected chi connectivity index (χ4v) is 4.68. The van der Waals surface area contributed by atoms with Gasteiger partial charge in [0.15, 0.2) is 0 Å². The Morgan fingerprint density at radius 2 is 1.85 bits per heavy atom. The van der Waals surface area contributed by atoms with E-state index in [4.69, 9.17) is 16.3 Å². The van der Waals surface area contributed by atoms with E-state index < -0.39 is 0 Å². The number of amides is 1. The summed E-state index contributed by atoms with van der Waals surface area (Å²) in [6.45, 7) is 5.16. The van der Waals surface area contributed by atoms with Gasteiger partial charge in [-0.05, 0) is 79.9 Å². The van der Waals surface area contributed by atoms with Crippen LogP contribution < -0.4 is 15.1 Å². The number of nitrogens with zero attached hydrogens (tertiary/aromatic N) is 2. The molecule has 5 nitrogen and oxygen atoms in total. The van der Waals surface area contributed by atoms with E-state index >= 15 is 0 Å². The zero-order valence-corrected chi connectivity index (χ0v) is 20.3. The zero-order valence-electron chi connectivity index (χ0n) is 19.6. The highest BCUT2D eigenvalue weighted by atomic mass is 35.5. The molecule has 1 aliphatic rings. The first-order valence-corrected chi connectivity index (χ1v) is 11.6. The summed E-state index contributed by atoms with van der Waals surface area (Å²) in [5.74, 6) is 0.577. The van der Waals surface area contributed by atoms with Crippen molar-refractivity contribution in [3.05, 3.63) is 106 Å². The first-order valence-electron chi connectivity index (χ1n) is 11.3. The molecule has 0 aromatic heterocycles. The fourth-order valence-electron chi connectivity index (χ4n) is 4.55. The van der Waals surface area contributed by atoms with E-state index in [0.29, 0.717) is 5.56 Å². The van der Waals surface area contributed by atoms with Crippen molar-refractivity contribution in [3.63, 3.8) is 0 Å². The zero-order chi connectivity index (χ0) is 24.1. The number of methoxy groups -OCH3 is 1. The summed E-state index contributed by atoms with van der Waals surface area (Å²) in [5, 5.41) is 4.91. The third-order valence-electron chi connectivity index (χ3n) is 6.24. The Balaban J connectivity index is 1.69. The molecular formula is C28H28ClN3O2. The Kier molecular flexibility index (Phi) is 7.03. The molecule has 1 heterocycles. The largest absolute Gasteiger partial charge is 0.497 e. The van der Waals surface area contributed by atoms with E-state index in [1.165, 1.54) is 11.1 Å². The number of allylic oxidation sites excluding steroid dienone is 2. The van der Waals surface area contributed by atoms with E-state index in [0.717, 1.165) is 35.1 Å². The molecule has 0 fully saturated rings. The minimum absolute atomic E-state index is 0.244. The van der Waals surface area contributed by atoms with Crippen LogP contribution in [0, 0.1) is 0 Å².